The fraction of sp³-hybridized carbons (Fsp3) is 0.238. The number of carbonyl (C=O) groups is 2. The van der Waals surface area contributed by atoms with Gasteiger partial charge in [-0.25, -0.2) is 4.39 Å². The summed E-state index contributed by atoms with van der Waals surface area (Å²) in [6.45, 7) is 1.22. The zero-order valence-electron chi connectivity index (χ0n) is 16.3. The zero-order chi connectivity index (χ0) is 22.6. The molecule has 6 nitrogen and oxygen atoms in total. The Morgan fingerprint density at radius 3 is 2.42 bits per heavy atom. The van der Waals surface area contributed by atoms with E-state index in [1.165, 1.54) is 18.2 Å². The fourth-order valence-corrected chi connectivity index (χ4v) is 3.38. The van der Waals surface area contributed by atoms with E-state index in [9.17, 15) is 14.0 Å². The van der Waals surface area contributed by atoms with Crippen LogP contribution in [0, 0.1) is 5.82 Å². The van der Waals surface area contributed by atoms with Gasteiger partial charge in [0.2, 0.25) is 0 Å². The van der Waals surface area contributed by atoms with Crippen LogP contribution in [0.25, 0.3) is 0 Å². The average Bonchev–Trinajstić information content (AvgIpc) is 2.67. The molecule has 0 spiro atoms. The largest absolute Gasteiger partial charge is 0.484 e. The molecule has 0 aliphatic heterocycles. The van der Waals surface area contributed by atoms with Gasteiger partial charge in [0, 0.05) is 23.2 Å². The molecule has 1 atom stereocenters. The predicted octanol–water partition coefficient (Wildman–Crippen LogP) is 4.52. The smallest absolute Gasteiger partial charge is 0.262 e. The fourth-order valence-electron chi connectivity index (χ4n) is 2.93. The molecule has 0 aromatic heterocycles. The third-order valence-electron chi connectivity index (χ3n) is 4.29. The van der Waals surface area contributed by atoms with Crippen molar-refractivity contribution < 1.29 is 23.5 Å². The molecule has 0 fully saturated rings. The highest BCUT2D eigenvalue weighted by Crippen LogP contribution is 2.29. The number of amides is 2. The van der Waals surface area contributed by atoms with Crippen molar-refractivity contribution in [3.63, 3.8) is 0 Å². The molecule has 0 heterocycles. The van der Waals surface area contributed by atoms with Crippen LogP contribution in [0.4, 0.5) is 4.39 Å². The number of hydrogen-bond acceptors (Lipinski definition) is 4. The minimum absolute atomic E-state index is 0.0659. The number of rotatable bonds is 8. The molecular formula is C21H18Cl3FN2O4. The van der Waals surface area contributed by atoms with Crippen LogP contribution in [0.3, 0.4) is 0 Å². The molecule has 164 valence electrons. The summed E-state index contributed by atoms with van der Waals surface area (Å²) in [5.74, 6) is -1.08. The van der Waals surface area contributed by atoms with Crippen LogP contribution in [0.2, 0.25) is 15.1 Å². The third kappa shape index (κ3) is 6.50. The van der Waals surface area contributed by atoms with Gasteiger partial charge in [-0.05, 0) is 43.3 Å². The number of ether oxygens (including phenoxy) is 2. The Hall–Kier alpha value is -2.48. The van der Waals surface area contributed by atoms with Gasteiger partial charge in [0.05, 0.1) is 15.6 Å². The highest BCUT2D eigenvalue weighted by molar-refractivity contribution is 6.42. The van der Waals surface area contributed by atoms with Gasteiger partial charge in [0.15, 0.2) is 24.8 Å². The third-order valence-corrected chi connectivity index (χ3v) is 5.26. The second kappa shape index (κ2) is 9.77. The maximum Gasteiger partial charge on any atom is 0.262 e. The van der Waals surface area contributed by atoms with Crippen LogP contribution in [-0.4, -0.2) is 30.6 Å². The lowest BCUT2D eigenvalue weighted by Crippen LogP contribution is -2.53. The molecule has 10 heteroatoms. The highest BCUT2D eigenvalue weighted by Gasteiger charge is 2.34. The summed E-state index contributed by atoms with van der Waals surface area (Å²) in [5.41, 5.74) is 0.00167. The first-order chi connectivity index (χ1) is 14.6. The van der Waals surface area contributed by atoms with Crippen LogP contribution >= 0.6 is 34.8 Å². The monoisotopic (exact) mass is 486 g/mol. The summed E-state index contributed by atoms with van der Waals surface area (Å²) in [4.78, 5) is 24.1. The van der Waals surface area contributed by atoms with Gasteiger partial charge >= 0.3 is 0 Å². The lowest BCUT2D eigenvalue weighted by molar-refractivity contribution is -0.124. The SMILES string of the molecule is CC1(NC(=O)COc2ccc(Cl)cc2F)C=C(NC(=O)COc2ccc(Cl)c(Cl)c2)C1. The number of halogens is 4. The van der Waals surface area contributed by atoms with E-state index < -0.39 is 17.3 Å². The predicted molar refractivity (Wildman–Crippen MR) is 116 cm³/mol. The normalized spacial score (nSPS) is 17.3. The zero-order valence-corrected chi connectivity index (χ0v) is 18.6. The quantitative estimate of drug-likeness (QED) is 0.574. The second-order valence-corrected chi connectivity index (χ2v) is 8.34. The molecule has 31 heavy (non-hydrogen) atoms. The molecule has 1 aliphatic carbocycles. The summed E-state index contributed by atoms with van der Waals surface area (Å²) in [6, 6.07) is 8.62. The average molecular weight is 488 g/mol. The molecular weight excluding hydrogens is 470 g/mol. The lowest BCUT2D eigenvalue weighted by Gasteiger charge is -2.37. The van der Waals surface area contributed by atoms with E-state index in [1.807, 2.05) is 0 Å². The summed E-state index contributed by atoms with van der Waals surface area (Å²) in [5, 5.41) is 6.43. The Bertz CT molecular complexity index is 1050. The van der Waals surface area contributed by atoms with Gasteiger partial charge in [-0.15, -0.1) is 0 Å². The van der Waals surface area contributed by atoms with Gasteiger partial charge in [0.25, 0.3) is 11.8 Å². The van der Waals surface area contributed by atoms with E-state index in [2.05, 4.69) is 10.6 Å². The summed E-state index contributed by atoms with van der Waals surface area (Å²) in [6.07, 6.45) is 2.12. The van der Waals surface area contributed by atoms with Crippen molar-refractivity contribution in [1.29, 1.82) is 0 Å². The summed E-state index contributed by atoms with van der Waals surface area (Å²) < 4.78 is 24.2. The van der Waals surface area contributed by atoms with E-state index in [1.54, 1.807) is 25.1 Å². The van der Waals surface area contributed by atoms with Crippen LogP contribution in [0.1, 0.15) is 13.3 Å². The lowest BCUT2D eigenvalue weighted by atomic mass is 9.84. The standard InChI is InChI=1S/C21H18Cl3FN2O4/c1-21(27-20(29)11-31-18-5-2-12(22)6-17(18)25)8-13(9-21)26-19(28)10-30-14-3-4-15(23)16(24)7-14/h2-8H,9-11H2,1H3,(H,26,28)(H,27,29). The molecule has 1 aliphatic rings. The van der Waals surface area contributed by atoms with Crippen molar-refractivity contribution in [3.8, 4) is 11.5 Å². The van der Waals surface area contributed by atoms with Gasteiger partial charge in [-0.1, -0.05) is 34.8 Å². The minimum Gasteiger partial charge on any atom is -0.484 e. The van der Waals surface area contributed by atoms with Crippen LogP contribution < -0.4 is 20.1 Å². The molecule has 0 saturated heterocycles. The topological polar surface area (TPSA) is 76.7 Å². The maximum atomic E-state index is 13.7. The van der Waals surface area contributed by atoms with E-state index in [-0.39, 0.29) is 29.9 Å². The maximum absolute atomic E-state index is 13.7. The minimum atomic E-state index is -0.650. The molecule has 1 unspecified atom stereocenters. The first-order valence-electron chi connectivity index (χ1n) is 9.12. The molecule has 0 saturated carbocycles. The summed E-state index contributed by atoms with van der Waals surface area (Å²) in [7, 11) is 0. The van der Waals surface area contributed by atoms with Crippen molar-refractivity contribution in [2.75, 3.05) is 13.2 Å². The summed E-state index contributed by atoms with van der Waals surface area (Å²) >= 11 is 17.4. The van der Waals surface area contributed by atoms with Crippen LogP contribution in [0.15, 0.2) is 48.2 Å². The van der Waals surface area contributed by atoms with Crippen molar-refractivity contribution in [2.24, 2.45) is 0 Å². The molecule has 2 amide bonds. The Kier molecular flexibility index (Phi) is 7.30. The Morgan fingerprint density at radius 2 is 1.74 bits per heavy atom. The van der Waals surface area contributed by atoms with Crippen LogP contribution in [-0.2, 0) is 9.59 Å². The van der Waals surface area contributed by atoms with Crippen molar-refractivity contribution in [2.45, 2.75) is 18.9 Å². The number of hydrogen-bond donors (Lipinski definition) is 2. The van der Waals surface area contributed by atoms with Crippen molar-refractivity contribution in [1.82, 2.24) is 10.6 Å². The molecule has 2 aromatic carbocycles. The molecule has 0 radical (unpaired) electrons. The number of benzene rings is 2. The first kappa shape index (κ1) is 23.2. The number of carbonyl (C=O) groups excluding carboxylic acids is 2. The van der Waals surface area contributed by atoms with Crippen LogP contribution in [0.5, 0.6) is 11.5 Å². The van der Waals surface area contributed by atoms with Crippen molar-refractivity contribution >= 4 is 46.6 Å². The van der Waals surface area contributed by atoms with Gasteiger partial charge in [-0.3, -0.25) is 9.59 Å². The first-order valence-corrected chi connectivity index (χ1v) is 10.3. The van der Waals surface area contributed by atoms with Crippen molar-refractivity contribution in [3.05, 3.63) is 69.1 Å². The van der Waals surface area contributed by atoms with Gasteiger partial charge in [0.1, 0.15) is 5.75 Å². The molecule has 3 rings (SSSR count). The molecule has 0 bridgehead atoms. The number of nitrogens with one attached hydrogen (secondary N) is 2. The van der Waals surface area contributed by atoms with E-state index in [0.29, 0.717) is 27.9 Å². The Labute approximate surface area is 193 Å². The van der Waals surface area contributed by atoms with E-state index in [0.717, 1.165) is 6.07 Å². The molecule has 2 aromatic rings. The Morgan fingerprint density at radius 1 is 1.03 bits per heavy atom. The second-order valence-electron chi connectivity index (χ2n) is 7.09. The Balaban J connectivity index is 1.42. The van der Waals surface area contributed by atoms with Gasteiger partial charge in [-0.2, -0.15) is 0 Å². The van der Waals surface area contributed by atoms with Gasteiger partial charge < -0.3 is 20.1 Å². The highest BCUT2D eigenvalue weighted by atomic mass is 35.5. The van der Waals surface area contributed by atoms with E-state index >= 15 is 0 Å². The van der Waals surface area contributed by atoms with E-state index in [4.69, 9.17) is 44.3 Å². The molecule has 2 N–H and O–H groups in total.